The Labute approximate surface area is 166 Å². The Bertz CT molecular complexity index is 714. The van der Waals surface area contributed by atoms with E-state index in [9.17, 15) is 4.79 Å². The standard InChI is InChI=1S/C18H26N4O2.2ClH/c1-12(13-6-8-19-9-7-13)10-17(23)20-14-4-5-16-15(11-14)21-18(24-16)22(2)3;;/h4-5,11-13,19H,6-10H2,1-3H3,(H,20,23);2*1H. The van der Waals surface area contributed by atoms with Crippen LogP contribution in [0.1, 0.15) is 26.2 Å². The van der Waals surface area contributed by atoms with E-state index in [0.29, 0.717) is 24.3 Å². The smallest absolute Gasteiger partial charge is 0.297 e. The summed E-state index contributed by atoms with van der Waals surface area (Å²) >= 11 is 0. The van der Waals surface area contributed by atoms with E-state index in [1.165, 1.54) is 0 Å². The number of carbonyl (C=O) groups is 1. The van der Waals surface area contributed by atoms with Gasteiger partial charge in [-0.15, -0.1) is 24.8 Å². The minimum absolute atomic E-state index is 0. The van der Waals surface area contributed by atoms with Crippen LogP contribution < -0.4 is 15.5 Å². The van der Waals surface area contributed by atoms with E-state index in [0.717, 1.165) is 42.7 Å². The second kappa shape index (κ2) is 10.00. The summed E-state index contributed by atoms with van der Waals surface area (Å²) in [6.07, 6.45) is 2.88. The lowest BCUT2D eigenvalue weighted by atomic mass is 9.84. The van der Waals surface area contributed by atoms with Crippen molar-refractivity contribution in [3.63, 3.8) is 0 Å². The molecule has 6 nitrogen and oxygen atoms in total. The van der Waals surface area contributed by atoms with Crippen LogP contribution in [0.2, 0.25) is 0 Å². The number of oxazole rings is 1. The van der Waals surface area contributed by atoms with Crippen LogP contribution in [-0.4, -0.2) is 38.1 Å². The summed E-state index contributed by atoms with van der Waals surface area (Å²) in [7, 11) is 3.77. The number of hydrogen-bond donors (Lipinski definition) is 2. The van der Waals surface area contributed by atoms with E-state index in [1.807, 2.05) is 37.2 Å². The lowest BCUT2D eigenvalue weighted by Crippen LogP contribution is -2.32. The van der Waals surface area contributed by atoms with Crippen molar-refractivity contribution >= 4 is 53.5 Å². The number of benzene rings is 1. The van der Waals surface area contributed by atoms with Gasteiger partial charge in [0.25, 0.3) is 6.01 Å². The minimum atomic E-state index is 0. The number of anilines is 2. The average Bonchev–Trinajstić information content (AvgIpc) is 2.99. The first kappa shape index (κ1) is 22.5. The normalized spacial score (nSPS) is 15.7. The molecule has 3 rings (SSSR count). The highest BCUT2D eigenvalue weighted by Gasteiger charge is 2.22. The van der Waals surface area contributed by atoms with Crippen LogP contribution in [0.4, 0.5) is 11.7 Å². The molecular weight excluding hydrogens is 375 g/mol. The van der Waals surface area contributed by atoms with Gasteiger partial charge in [-0.3, -0.25) is 4.79 Å². The zero-order valence-electron chi connectivity index (χ0n) is 15.4. The summed E-state index contributed by atoms with van der Waals surface area (Å²) in [5.41, 5.74) is 2.24. The molecule has 0 bridgehead atoms. The molecule has 0 aliphatic carbocycles. The molecule has 2 aromatic rings. The highest BCUT2D eigenvalue weighted by Crippen LogP contribution is 2.26. The van der Waals surface area contributed by atoms with E-state index >= 15 is 0 Å². The van der Waals surface area contributed by atoms with E-state index in [-0.39, 0.29) is 30.7 Å². The third kappa shape index (κ3) is 5.50. The molecule has 2 N–H and O–H groups in total. The van der Waals surface area contributed by atoms with E-state index in [2.05, 4.69) is 22.5 Å². The highest BCUT2D eigenvalue weighted by molar-refractivity contribution is 5.93. The fourth-order valence-corrected chi connectivity index (χ4v) is 3.27. The SMILES string of the molecule is CC(CC(=O)Nc1ccc2oc(N(C)C)nc2c1)C1CCNCC1.Cl.Cl. The van der Waals surface area contributed by atoms with Crippen molar-refractivity contribution in [3.05, 3.63) is 18.2 Å². The molecule has 1 aliphatic heterocycles. The van der Waals surface area contributed by atoms with Gasteiger partial charge in [-0.05, 0) is 56.0 Å². The van der Waals surface area contributed by atoms with Crippen molar-refractivity contribution in [1.29, 1.82) is 0 Å². The summed E-state index contributed by atoms with van der Waals surface area (Å²) in [5, 5.41) is 6.36. The number of carbonyl (C=O) groups excluding carboxylic acids is 1. The summed E-state index contributed by atoms with van der Waals surface area (Å²) in [6, 6.07) is 6.13. The molecule has 0 radical (unpaired) electrons. The Kier molecular flexibility index (Phi) is 8.67. The number of fused-ring (bicyclic) bond motifs is 1. The Morgan fingerprint density at radius 3 is 2.69 bits per heavy atom. The number of rotatable bonds is 5. The highest BCUT2D eigenvalue weighted by atomic mass is 35.5. The first-order chi connectivity index (χ1) is 11.5. The second-order valence-electron chi connectivity index (χ2n) is 6.89. The van der Waals surface area contributed by atoms with Crippen molar-refractivity contribution < 1.29 is 9.21 Å². The summed E-state index contributed by atoms with van der Waals surface area (Å²) in [4.78, 5) is 18.6. The van der Waals surface area contributed by atoms with Crippen LogP contribution in [0.15, 0.2) is 22.6 Å². The zero-order valence-corrected chi connectivity index (χ0v) is 17.1. The minimum Gasteiger partial charge on any atom is -0.423 e. The number of amides is 1. The van der Waals surface area contributed by atoms with Gasteiger partial charge >= 0.3 is 0 Å². The Morgan fingerprint density at radius 2 is 2.04 bits per heavy atom. The molecule has 1 atom stereocenters. The van der Waals surface area contributed by atoms with Crippen LogP contribution in [0, 0.1) is 11.8 Å². The van der Waals surface area contributed by atoms with Crippen LogP contribution in [0.5, 0.6) is 0 Å². The van der Waals surface area contributed by atoms with Gasteiger partial charge in [-0.1, -0.05) is 6.92 Å². The first-order valence-corrected chi connectivity index (χ1v) is 8.61. The molecule has 1 aromatic heterocycles. The maximum atomic E-state index is 12.3. The molecule has 1 amide bonds. The lowest BCUT2D eigenvalue weighted by molar-refractivity contribution is -0.117. The summed E-state index contributed by atoms with van der Waals surface area (Å²) < 4.78 is 5.63. The summed E-state index contributed by atoms with van der Waals surface area (Å²) in [5.74, 6) is 1.11. The Morgan fingerprint density at radius 1 is 1.35 bits per heavy atom. The topological polar surface area (TPSA) is 70.4 Å². The van der Waals surface area contributed by atoms with Crippen molar-refractivity contribution in [3.8, 4) is 0 Å². The largest absolute Gasteiger partial charge is 0.423 e. The van der Waals surface area contributed by atoms with Gasteiger partial charge in [0.2, 0.25) is 5.91 Å². The van der Waals surface area contributed by atoms with Gasteiger partial charge in [0, 0.05) is 26.2 Å². The second-order valence-corrected chi connectivity index (χ2v) is 6.89. The molecule has 2 heterocycles. The van der Waals surface area contributed by atoms with E-state index in [4.69, 9.17) is 4.42 Å². The lowest BCUT2D eigenvalue weighted by Gasteiger charge is -2.27. The average molecular weight is 403 g/mol. The third-order valence-corrected chi connectivity index (χ3v) is 4.74. The van der Waals surface area contributed by atoms with Crippen LogP contribution in [-0.2, 0) is 4.79 Å². The number of nitrogens with zero attached hydrogens (tertiary/aromatic N) is 2. The van der Waals surface area contributed by atoms with Gasteiger partial charge in [-0.25, -0.2) is 0 Å². The number of piperidine rings is 1. The number of hydrogen-bond acceptors (Lipinski definition) is 5. The quantitative estimate of drug-likeness (QED) is 0.797. The van der Waals surface area contributed by atoms with Gasteiger partial charge in [0.1, 0.15) is 5.52 Å². The fourth-order valence-electron chi connectivity index (χ4n) is 3.27. The molecule has 1 saturated heterocycles. The Hall–Kier alpha value is -1.50. The number of nitrogens with one attached hydrogen (secondary N) is 2. The molecular formula is C18H28Cl2N4O2. The van der Waals surface area contributed by atoms with Crippen LogP contribution in [0.25, 0.3) is 11.1 Å². The molecule has 1 fully saturated rings. The van der Waals surface area contributed by atoms with E-state index < -0.39 is 0 Å². The molecule has 0 spiro atoms. The van der Waals surface area contributed by atoms with Gasteiger partial charge in [0.05, 0.1) is 0 Å². The third-order valence-electron chi connectivity index (χ3n) is 4.74. The van der Waals surface area contributed by atoms with Crippen LogP contribution in [0.3, 0.4) is 0 Å². The van der Waals surface area contributed by atoms with Gasteiger partial charge < -0.3 is 20.0 Å². The predicted octanol–water partition coefficient (Wildman–Crippen LogP) is 3.70. The summed E-state index contributed by atoms with van der Waals surface area (Å²) in [6.45, 7) is 4.31. The van der Waals surface area contributed by atoms with Crippen LogP contribution >= 0.6 is 24.8 Å². The van der Waals surface area contributed by atoms with Gasteiger partial charge in [0.15, 0.2) is 5.58 Å². The van der Waals surface area contributed by atoms with Crippen molar-refractivity contribution in [2.75, 3.05) is 37.4 Å². The fraction of sp³-hybridized carbons (Fsp3) is 0.556. The molecule has 146 valence electrons. The molecule has 1 unspecified atom stereocenters. The number of halogens is 2. The molecule has 26 heavy (non-hydrogen) atoms. The van der Waals surface area contributed by atoms with Crippen molar-refractivity contribution in [2.24, 2.45) is 11.8 Å². The maximum absolute atomic E-state index is 12.3. The molecule has 1 aromatic carbocycles. The van der Waals surface area contributed by atoms with Crippen molar-refractivity contribution in [2.45, 2.75) is 26.2 Å². The monoisotopic (exact) mass is 402 g/mol. The molecule has 0 saturated carbocycles. The molecule has 1 aliphatic rings. The van der Waals surface area contributed by atoms with Gasteiger partial charge in [-0.2, -0.15) is 4.98 Å². The molecule has 8 heteroatoms. The maximum Gasteiger partial charge on any atom is 0.297 e. The number of aromatic nitrogens is 1. The predicted molar refractivity (Wildman–Crippen MR) is 111 cm³/mol. The first-order valence-electron chi connectivity index (χ1n) is 8.61. The zero-order chi connectivity index (χ0) is 17.1. The van der Waals surface area contributed by atoms with E-state index in [1.54, 1.807) is 0 Å². The van der Waals surface area contributed by atoms with Crippen molar-refractivity contribution in [1.82, 2.24) is 10.3 Å². The Balaban J connectivity index is 0.00000169.